The Morgan fingerprint density at radius 2 is 1.88 bits per heavy atom. The average molecular weight is 373 g/mol. The molecule has 0 aromatic carbocycles. The highest BCUT2D eigenvalue weighted by molar-refractivity contribution is 5.77. The van der Waals surface area contributed by atoms with Crippen LogP contribution < -0.4 is 0 Å². The highest BCUT2D eigenvalue weighted by Gasteiger charge is 2.38. The quantitative estimate of drug-likeness (QED) is 0.745. The van der Waals surface area contributed by atoms with Gasteiger partial charge in [-0.2, -0.15) is 18.3 Å². The van der Waals surface area contributed by atoms with Crippen LogP contribution in [0.15, 0.2) is 6.07 Å². The molecule has 1 aliphatic carbocycles. The van der Waals surface area contributed by atoms with Crippen molar-refractivity contribution in [2.75, 3.05) is 19.7 Å². The van der Waals surface area contributed by atoms with Gasteiger partial charge in [0.1, 0.15) is 6.54 Å². The Bertz CT molecular complexity index is 675. The summed E-state index contributed by atoms with van der Waals surface area (Å²) in [6.07, 6.45) is -1.86. The molecule has 3 rings (SSSR count). The lowest BCUT2D eigenvalue weighted by molar-refractivity contribution is -0.151. The SMILES string of the molecule is CCOC(=O)C1CCN(C(=O)Cn2nc(C(F)(F)F)cc2C2CC2)CC1. The Morgan fingerprint density at radius 1 is 1.23 bits per heavy atom. The zero-order valence-electron chi connectivity index (χ0n) is 14.6. The molecule has 26 heavy (non-hydrogen) atoms. The summed E-state index contributed by atoms with van der Waals surface area (Å²) >= 11 is 0. The fraction of sp³-hybridized carbons (Fsp3) is 0.706. The number of carbonyl (C=O) groups excluding carboxylic acids is 2. The van der Waals surface area contributed by atoms with E-state index in [0.29, 0.717) is 38.2 Å². The summed E-state index contributed by atoms with van der Waals surface area (Å²) < 4.78 is 45.0. The van der Waals surface area contributed by atoms with Gasteiger partial charge in [0, 0.05) is 24.7 Å². The van der Waals surface area contributed by atoms with E-state index in [1.54, 1.807) is 11.8 Å². The van der Waals surface area contributed by atoms with Gasteiger partial charge in [-0.15, -0.1) is 0 Å². The maximum absolute atomic E-state index is 12.9. The molecule has 0 radical (unpaired) electrons. The maximum Gasteiger partial charge on any atom is 0.435 e. The number of halogens is 3. The van der Waals surface area contributed by atoms with Crippen LogP contribution in [0.1, 0.15) is 49.9 Å². The van der Waals surface area contributed by atoms with E-state index in [4.69, 9.17) is 4.74 Å². The molecule has 0 spiro atoms. The number of hydrogen-bond donors (Lipinski definition) is 0. The minimum atomic E-state index is -4.52. The third kappa shape index (κ3) is 4.19. The first kappa shape index (κ1) is 18.7. The molecule has 6 nitrogen and oxygen atoms in total. The van der Waals surface area contributed by atoms with Crippen molar-refractivity contribution in [3.8, 4) is 0 Å². The Balaban J connectivity index is 1.62. The van der Waals surface area contributed by atoms with Gasteiger partial charge in [-0.3, -0.25) is 14.3 Å². The lowest BCUT2D eigenvalue weighted by atomic mass is 9.97. The van der Waals surface area contributed by atoms with Crippen LogP contribution >= 0.6 is 0 Å². The first-order valence-corrected chi connectivity index (χ1v) is 8.89. The van der Waals surface area contributed by atoms with Gasteiger partial charge in [-0.1, -0.05) is 0 Å². The van der Waals surface area contributed by atoms with Gasteiger partial charge in [0.25, 0.3) is 0 Å². The zero-order valence-corrected chi connectivity index (χ0v) is 14.6. The Kier molecular flexibility index (Phi) is 5.24. The van der Waals surface area contributed by atoms with E-state index < -0.39 is 11.9 Å². The molecule has 144 valence electrons. The van der Waals surface area contributed by atoms with Crippen LogP contribution in [-0.2, 0) is 27.0 Å². The second kappa shape index (κ2) is 7.28. The van der Waals surface area contributed by atoms with E-state index in [1.807, 2.05) is 0 Å². The van der Waals surface area contributed by atoms with Crippen molar-refractivity contribution in [1.29, 1.82) is 0 Å². The normalized spacial score (nSPS) is 18.8. The van der Waals surface area contributed by atoms with Crippen molar-refractivity contribution in [1.82, 2.24) is 14.7 Å². The number of esters is 1. The summed E-state index contributed by atoms with van der Waals surface area (Å²) in [4.78, 5) is 25.8. The highest BCUT2D eigenvalue weighted by atomic mass is 19.4. The molecule has 1 amide bonds. The molecule has 9 heteroatoms. The van der Waals surface area contributed by atoms with Gasteiger partial charge in [-0.25, -0.2) is 0 Å². The average Bonchev–Trinajstić information content (AvgIpc) is 3.34. The number of rotatable bonds is 5. The third-order valence-corrected chi connectivity index (χ3v) is 4.85. The van der Waals surface area contributed by atoms with Crippen molar-refractivity contribution in [3.05, 3.63) is 17.5 Å². The van der Waals surface area contributed by atoms with E-state index in [1.165, 1.54) is 4.68 Å². The molecule has 2 heterocycles. The number of aromatic nitrogens is 2. The predicted octanol–water partition coefficient (Wildman–Crippen LogP) is 2.58. The molecule has 2 fully saturated rings. The van der Waals surface area contributed by atoms with Crippen LogP contribution in [0.4, 0.5) is 13.2 Å². The van der Waals surface area contributed by atoms with Crippen molar-refractivity contribution >= 4 is 11.9 Å². The lowest BCUT2D eigenvalue weighted by Crippen LogP contribution is -2.42. The summed E-state index contributed by atoms with van der Waals surface area (Å²) in [5.41, 5.74) is -0.472. The summed E-state index contributed by atoms with van der Waals surface area (Å²) in [5, 5.41) is 3.62. The van der Waals surface area contributed by atoms with Gasteiger partial charge in [0.2, 0.25) is 5.91 Å². The smallest absolute Gasteiger partial charge is 0.435 e. The van der Waals surface area contributed by atoms with E-state index in [9.17, 15) is 22.8 Å². The second-order valence-corrected chi connectivity index (χ2v) is 6.79. The number of ether oxygens (including phenoxy) is 1. The lowest BCUT2D eigenvalue weighted by Gasteiger charge is -2.31. The van der Waals surface area contributed by atoms with Crippen molar-refractivity contribution in [2.24, 2.45) is 5.92 Å². The Labute approximate surface area is 149 Å². The standard InChI is InChI=1S/C17H22F3N3O3/c1-2-26-16(25)12-5-7-22(8-6-12)15(24)10-23-13(11-3-4-11)9-14(21-23)17(18,19)20/h9,11-12H,2-8,10H2,1H3. The minimum absolute atomic E-state index is 0.0564. The van der Waals surface area contributed by atoms with Gasteiger partial charge in [0.05, 0.1) is 12.5 Å². The molecule has 0 atom stereocenters. The highest BCUT2D eigenvalue weighted by Crippen LogP contribution is 2.42. The molecule has 2 aliphatic rings. The fourth-order valence-electron chi connectivity index (χ4n) is 3.26. The number of carbonyl (C=O) groups is 2. The van der Waals surface area contributed by atoms with Gasteiger partial charge >= 0.3 is 12.1 Å². The molecule has 1 saturated carbocycles. The summed E-state index contributed by atoms with van der Waals surface area (Å²) in [6.45, 7) is 2.66. The van der Waals surface area contributed by atoms with Gasteiger partial charge < -0.3 is 9.64 Å². The van der Waals surface area contributed by atoms with Crippen LogP contribution in [0.2, 0.25) is 0 Å². The Morgan fingerprint density at radius 3 is 2.42 bits per heavy atom. The first-order chi connectivity index (χ1) is 12.3. The molecule has 0 bridgehead atoms. The monoisotopic (exact) mass is 373 g/mol. The Hall–Kier alpha value is -2.06. The summed E-state index contributed by atoms with van der Waals surface area (Å²) in [5.74, 6) is -0.688. The van der Waals surface area contributed by atoms with Crippen LogP contribution in [-0.4, -0.2) is 46.3 Å². The number of likely N-dealkylation sites (tertiary alicyclic amines) is 1. The van der Waals surface area contributed by atoms with Crippen LogP contribution in [0.5, 0.6) is 0 Å². The number of amides is 1. The molecule has 1 aromatic rings. The van der Waals surface area contributed by atoms with Crippen LogP contribution in [0.3, 0.4) is 0 Å². The van der Waals surface area contributed by atoms with E-state index in [-0.39, 0.29) is 30.3 Å². The van der Waals surface area contributed by atoms with Crippen molar-refractivity contribution in [2.45, 2.75) is 51.2 Å². The van der Waals surface area contributed by atoms with E-state index in [2.05, 4.69) is 5.10 Å². The molecule has 1 saturated heterocycles. The minimum Gasteiger partial charge on any atom is -0.466 e. The summed E-state index contributed by atoms with van der Waals surface area (Å²) in [6, 6.07) is 1.05. The van der Waals surface area contributed by atoms with Crippen molar-refractivity contribution < 1.29 is 27.5 Å². The second-order valence-electron chi connectivity index (χ2n) is 6.79. The zero-order chi connectivity index (χ0) is 18.9. The fourth-order valence-corrected chi connectivity index (χ4v) is 3.26. The largest absolute Gasteiger partial charge is 0.466 e. The third-order valence-electron chi connectivity index (χ3n) is 4.85. The molecule has 1 aliphatic heterocycles. The van der Waals surface area contributed by atoms with Gasteiger partial charge in [0.15, 0.2) is 5.69 Å². The number of piperidine rings is 1. The van der Waals surface area contributed by atoms with Gasteiger partial charge in [-0.05, 0) is 38.7 Å². The molecular weight excluding hydrogens is 351 g/mol. The maximum atomic E-state index is 12.9. The topological polar surface area (TPSA) is 64.4 Å². The molecular formula is C17H22F3N3O3. The molecule has 0 N–H and O–H groups in total. The van der Waals surface area contributed by atoms with Crippen molar-refractivity contribution in [3.63, 3.8) is 0 Å². The van der Waals surface area contributed by atoms with E-state index in [0.717, 1.165) is 18.9 Å². The van der Waals surface area contributed by atoms with Crippen LogP contribution in [0, 0.1) is 5.92 Å². The molecule has 0 unspecified atom stereocenters. The van der Waals surface area contributed by atoms with Crippen LogP contribution in [0.25, 0.3) is 0 Å². The number of hydrogen-bond acceptors (Lipinski definition) is 4. The first-order valence-electron chi connectivity index (χ1n) is 8.89. The summed E-state index contributed by atoms with van der Waals surface area (Å²) in [7, 11) is 0. The number of alkyl halides is 3. The van der Waals surface area contributed by atoms with E-state index >= 15 is 0 Å². The predicted molar refractivity (Wildman–Crippen MR) is 85.1 cm³/mol. The molecule has 1 aromatic heterocycles. The number of nitrogens with zero attached hydrogens (tertiary/aromatic N) is 3.